The molecule has 0 radical (unpaired) electrons. The Morgan fingerprint density at radius 1 is 0.938 bits per heavy atom. The second-order valence-corrected chi connectivity index (χ2v) is 9.84. The van der Waals surface area contributed by atoms with Crippen molar-refractivity contribution < 1.29 is 17.9 Å². The maximum Gasteiger partial charge on any atom is 0.272 e. The number of aryl methyl sites for hydroxylation is 1. The number of ether oxygens (including phenoxy) is 1. The van der Waals surface area contributed by atoms with Crippen LogP contribution < -0.4 is 9.64 Å². The summed E-state index contributed by atoms with van der Waals surface area (Å²) in [6.07, 6.45) is 1.17. The zero-order chi connectivity index (χ0) is 22.9. The van der Waals surface area contributed by atoms with Crippen LogP contribution in [0.4, 0.5) is 5.69 Å². The summed E-state index contributed by atoms with van der Waals surface area (Å²) in [7, 11) is -1.64. The number of methoxy groups -OCH3 is 1. The standard InChI is InChI=1S/C23H26N4O4S/c1-17-16-22(27(24-17)19-6-10-21(11-7-19)32(3,29)30)23(28)26-14-12-25(13-15-26)18-4-8-20(31-2)9-5-18/h4-11,16H,12-15H2,1-3H3. The fourth-order valence-corrected chi connectivity index (χ4v) is 4.44. The van der Waals surface area contributed by atoms with Gasteiger partial charge in [0, 0.05) is 38.1 Å². The summed E-state index contributed by atoms with van der Waals surface area (Å²) < 4.78 is 30.3. The fourth-order valence-electron chi connectivity index (χ4n) is 3.81. The van der Waals surface area contributed by atoms with Crippen molar-refractivity contribution in [3.63, 3.8) is 0 Å². The van der Waals surface area contributed by atoms with Gasteiger partial charge in [-0.15, -0.1) is 0 Å². The van der Waals surface area contributed by atoms with Gasteiger partial charge in [-0.25, -0.2) is 13.1 Å². The molecule has 32 heavy (non-hydrogen) atoms. The van der Waals surface area contributed by atoms with Gasteiger partial charge in [0.15, 0.2) is 9.84 Å². The second-order valence-electron chi connectivity index (χ2n) is 7.83. The van der Waals surface area contributed by atoms with Crippen molar-refractivity contribution in [3.8, 4) is 11.4 Å². The third-order valence-electron chi connectivity index (χ3n) is 5.56. The van der Waals surface area contributed by atoms with E-state index in [0.717, 1.165) is 30.2 Å². The van der Waals surface area contributed by atoms with E-state index in [1.807, 2.05) is 36.1 Å². The number of sulfone groups is 1. The Balaban J connectivity index is 1.50. The van der Waals surface area contributed by atoms with Gasteiger partial charge in [-0.1, -0.05) is 0 Å². The lowest BCUT2D eigenvalue weighted by Gasteiger charge is -2.36. The van der Waals surface area contributed by atoms with Gasteiger partial charge < -0.3 is 14.5 Å². The number of carbonyl (C=O) groups excluding carboxylic acids is 1. The minimum absolute atomic E-state index is 0.0906. The first-order valence-corrected chi connectivity index (χ1v) is 12.2. The van der Waals surface area contributed by atoms with Crippen LogP contribution in [0.3, 0.4) is 0 Å². The minimum Gasteiger partial charge on any atom is -0.497 e. The van der Waals surface area contributed by atoms with Gasteiger partial charge in [0.05, 0.1) is 23.4 Å². The Bertz CT molecular complexity index is 1210. The molecule has 0 spiro atoms. The monoisotopic (exact) mass is 454 g/mol. The molecule has 0 atom stereocenters. The van der Waals surface area contributed by atoms with E-state index in [0.29, 0.717) is 24.5 Å². The van der Waals surface area contributed by atoms with E-state index in [4.69, 9.17) is 4.74 Å². The summed E-state index contributed by atoms with van der Waals surface area (Å²) in [5.41, 5.74) is 2.93. The summed E-state index contributed by atoms with van der Waals surface area (Å²) >= 11 is 0. The largest absolute Gasteiger partial charge is 0.497 e. The van der Waals surface area contributed by atoms with E-state index in [1.54, 1.807) is 30.0 Å². The quantitative estimate of drug-likeness (QED) is 0.589. The lowest BCUT2D eigenvalue weighted by Crippen LogP contribution is -2.49. The topological polar surface area (TPSA) is 84.7 Å². The van der Waals surface area contributed by atoms with Gasteiger partial charge in [0.25, 0.3) is 5.91 Å². The smallest absolute Gasteiger partial charge is 0.272 e. The van der Waals surface area contributed by atoms with Gasteiger partial charge in [-0.05, 0) is 61.5 Å². The Morgan fingerprint density at radius 2 is 1.53 bits per heavy atom. The maximum absolute atomic E-state index is 13.3. The Hall–Kier alpha value is -3.33. The highest BCUT2D eigenvalue weighted by molar-refractivity contribution is 7.90. The molecule has 0 unspecified atom stereocenters. The molecule has 168 valence electrons. The van der Waals surface area contributed by atoms with Crippen molar-refractivity contribution in [1.82, 2.24) is 14.7 Å². The molecule has 0 N–H and O–H groups in total. The number of carbonyl (C=O) groups is 1. The van der Waals surface area contributed by atoms with Crippen molar-refractivity contribution in [2.75, 3.05) is 44.4 Å². The molecule has 1 aliphatic heterocycles. The van der Waals surface area contributed by atoms with Crippen LogP contribution in [-0.2, 0) is 9.84 Å². The van der Waals surface area contributed by atoms with Crippen LogP contribution in [0.1, 0.15) is 16.2 Å². The van der Waals surface area contributed by atoms with Crippen LogP contribution in [0.15, 0.2) is 59.5 Å². The predicted molar refractivity (Wildman–Crippen MR) is 123 cm³/mol. The van der Waals surface area contributed by atoms with Gasteiger partial charge in [-0.3, -0.25) is 4.79 Å². The number of piperazine rings is 1. The molecule has 1 fully saturated rings. The highest BCUT2D eigenvalue weighted by Crippen LogP contribution is 2.22. The first kappa shape index (κ1) is 21.9. The van der Waals surface area contributed by atoms with Crippen molar-refractivity contribution in [1.29, 1.82) is 0 Å². The molecule has 1 amide bonds. The van der Waals surface area contributed by atoms with Crippen molar-refractivity contribution >= 4 is 21.4 Å². The molecule has 9 heteroatoms. The number of benzene rings is 2. The summed E-state index contributed by atoms with van der Waals surface area (Å²) in [6.45, 7) is 4.49. The molecule has 0 saturated carbocycles. The van der Waals surface area contributed by atoms with Crippen LogP contribution in [0.25, 0.3) is 5.69 Å². The second kappa shape index (κ2) is 8.66. The molecule has 0 bridgehead atoms. The first-order valence-electron chi connectivity index (χ1n) is 10.3. The zero-order valence-electron chi connectivity index (χ0n) is 18.4. The van der Waals surface area contributed by atoms with E-state index >= 15 is 0 Å². The lowest BCUT2D eigenvalue weighted by atomic mass is 10.2. The molecular formula is C23H26N4O4S. The number of rotatable bonds is 5. The Labute approximate surface area is 187 Å². The molecule has 8 nitrogen and oxygen atoms in total. The summed E-state index contributed by atoms with van der Waals surface area (Å²) in [6, 6.07) is 16.1. The Kier molecular flexibility index (Phi) is 5.92. The van der Waals surface area contributed by atoms with Crippen LogP contribution in [0.5, 0.6) is 5.75 Å². The SMILES string of the molecule is COc1ccc(N2CCN(C(=O)c3cc(C)nn3-c3ccc(S(C)(=O)=O)cc3)CC2)cc1. The van der Waals surface area contributed by atoms with E-state index in [-0.39, 0.29) is 10.8 Å². The number of hydrogen-bond acceptors (Lipinski definition) is 6. The van der Waals surface area contributed by atoms with Crippen molar-refractivity contribution in [3.05, 3.63) is 66.0 Å². The number of anilines is 1. The van der Waals surface area contributed by atoms with Crippen molar-refractivity contribution in [2.24, 2.45) is 0 Å². The number of amides is 1. The predicted octanol–water partition coefficient (Wildman–Crippen LogP) is 2.56. The van der Waals surface area contributed by atoms with E-state index in [1.165, 1.54) is 18.4 Å². The normalized spacial score (nSPS) is 14.5. The summed E-state index contributed by atoms with van der Waals surface area (Å²) in [5.74, 6) is 0.725. The van der Waals surface area contributed by atoms with Gasteiger partial charge >= 0.3 is 0 Å². The third-order valence-corrected chi connectivity index (χ3v) is 6.69. The molecule has 2 heterocycles. The van der Waals surface area contributed by atoms with Gasteiger partial charge in [-0.2, -0.15) is 5.10 Å². The number of aromatic nitrogens is 2. The Morgan fingerprint density at radius 3 is 2.09 bits per heavy atom. The summed E-state index contributed by atoms with van der Waals surface area (Å²) in [5, 5.41) is 4.46. The minimum atomic E-state index is -3.29. The molecule has 2 aromatic carbocycles. The average Bonchev–Trinajstić information content (AvgIpc) is 3.20. The molecule has 1 aliphatic rings. The van der Waals surface area contributed by atoms with Crippen LogP contribution in [0, 0.1) is 6.92 Å². The molecule has 1 aromatic heterocycles. The molecule has 0 aliphatic carbocycles. The molecule has 3 aromatic rings. The van der Waals surface area contributed by atoms with Crippen LogP contribution in [-0.4, -0.2) is 68.5 Å². The maximum atomic E-state index is 13.3. The van der Waals surface area contributed by atoms with E-state index in [9.17, 15) is 13.2 Å². The van der Waals surface area contributed by atoms with Crippen LogP contribution >= 0.6 is 0 Å². The highest BCUT2D eigenvalue weighted by atomic mass is 32.2. The molecular weight excluding hydrogens is 428 g/mol. The van der Waals surface area contributed by atoms with Crippen LogP contribution in [0.2, 0.25) is 0 Å². The van der Waals surface area contributed by atoms with E-state index in [2.05, 4.69) is 10.00 Å². The lowest BCUT2D eigenvalue weighted by molar-refractivity contribution is 0.0737. The first-order chi connectivity index (χ1) is 15.3. The van der Waals surface area contributed by atoms with Gasteiger partial charge in [0.2, 0.25) is 0 Å². The van der Waals surface area contributed by atoms with E-state index < -0.39 is 9.84 Å². The average molecular weight is 455 g/mol. The zero-order valence-corrected chi connectivity index (χ0v) is 19.2. The van der Waals surface area contributed by atoms with Gasteiger partial charge in [0.1, 0.15) is 11.4 Å². The number of nitrogens with zero attached hydrogens (tertiary/aromatic N) is 4. The molecule has 1 saturated heterocycles. The fraction of sp³-hybridized carbons (Fsp3) is 0.304. The van der Waals surface area contributed by atoms with Crippen molar-refractivity contribution in [2.45, 2.75) is 11.8 Å². The number of hydrogen-bond donors (Lipinski definition) is 0. The highest BCUT2D eigenvalue weighted by Gasteiger charge is 2.26. The molecule has 4 rings (SSSR count). The summed E-state index contributed by atoms with van der Waals surface area (Å²) in [4.78, 5) is 17.6. The third kappa shape index (κ3) is 4.47.